The van der Waals surface area contributed by atoms with E-state index in [1.54, 1.807) is 20.8 Å². The summed E-state index contributed by atoms with van der Waals surface area (Å²) in [5.74, 6) is -0.357. The van der Waals surface area contributed by atoms with Crippen LogP contribution in [0.3, 0.4) is 0 Å². The number of ether oxygens (including phenoxy) is 1. The molecule has 0 unspecified atom stereocenters. The number of benzene rings is 3. The average Bonchev–Trinajstić information content (AvgIpc) is 3.36. The van der Waals surface area contributed by atoms with Crippen LogP contribution in [-0.2, 0) is 16.0 Å². The molecule has 4 aromatic rings. The van der Waals surface area contributed by atoms with Gasteiger partial charge in [0.25, 0.3) is 0 Å². The van der Waals surface area contributed by atoms with E-state index in [-0.39, 0.29) is 5.91 Å². The number of amides is 2. The van der Waals surface area contributed by atoms with E-state index in [0.29, 0.717) is 6.42 Å². The Hall–Kier alpha value is -4.65. The molecule has 0 fully saturated rings. The number of fused-ring (bicyclic) bond motifs is 3. The number of hydrogen-bond donors (Lipinski definition) is 2. The molecule has 3 aromatic carbocycles. The second kappa shape index (κ2) is 11.0. The summed E-state index contributed by atoms with van der Waals surface area (Å²) in [7, 11) is 0. The Bertz CT molecular complexity index is 1490. The normalized spacial score (nSPS) is 15.2. The highest BCUT2D eigenvalue weighted by Crippen LogP contribution is 2.30. The van der Waals surface area contributed by atoms with Crippen LogP contribution < -0.4 is 10.6 Å². The third-order valence-corrected chi connectivity index (χ3v) is 6.35. The molecule has 2 amide bonds. The lowest BCUT2D eigenvalue weighted by atomic mass is 10.0. The predicted molar refractivity (Wildman–Crippen MR) is 152 cm³/mol. The third kappa shape index (κ3) is 6.09. The van der Waals surface area contributed by atoms with E-state index in [4.69, 9.17) is 9.73 Å². The van der Waals surface area contributed by atoms with Crippen LogP contribution in [0, 0.1) is 0 Å². The Balaban J connectivity index is 1.50. The number of carbonyl (C=O) groups excluding carboxylic acids is 2. The predicted octanol–water partition coefficient (Wildman–Crippen LogP) is 5.58. The van der Waals surface area contributed by atoms with E-state index < -0.39 is 23.9 Å². The fourth-order valence-electron chi connectivity index (χ4n) is 4.66. The van der Waals surface area contributed by atoms with Crippen molar-refractivity contribution in [3.63, 3.8) is 0 Å². The standard InChI is InChI=1S/C32H32N4O3/c1-32(2,3)39-31(38)33-25(21-22-13-6-4-7-14-22)30(37)35-29-27-19-12-20-36(27)26-18-11-10-17-24(26)28(34-29)23-15-8-5-9-16-23/h4-20,25,29H,21H2,1-3H3,(H,33,38)(H,35,37)/t25-,29+/m0/s1. The lowest BCUT2D eigenvalue weighted by Crippen LogP contribution is -2.50. The number of nitrogens with zero attached hydrogens (tertiary/aromatic N) is 2. The average molecular weight is 521 g/mol. The molecular weight excluding hydrogens is 488 g/mol. The van der Waals surface area contributed by atoms with Gasteiger partial charge in [-0.05, 0) is 44.5 Å². The van der Waals surface area contributed by atoms with Crippen LogP contribution in [0.4, 0.5) is 4.79 Å². The summed E-state index contributed by atoms with van der Waals surface area (Å²) in [6.07, 6.45) is 0.935. The van der Waals surface area contributed by atoms with Crippen LogP contribution in [0.1, 0.15) is 49.3 Å². The van der Waals surface area contributed by atoms with Crippen molar-refractivity contribution in [3.8, 4) is 5.69 Å². The number of nitrogens with one attached hydrogen (secondary N) is 2. The minimum atomic E-state index is -0.869. The summed E-state index contributed by atoms with van der Waals surface area (Å²) >= 11 is 0. The summed E-state index contributed by atoms with van der Waals surface area (Å²) < 4.78 is 7.51. The molecular formula is C32H32N4O3. The van der Waals surface area contributed by atoms with Gasteiger partial charge in [0.2, 0.25) is 5.91 Å². The molecule has 0 radical (unpaired) electrons. The summed E-state index contributed by atoms with van der Waals surface area (Å²) in [6.45, 7) is 5.36. The van der Waals surface area contributed by atoms with Gasteiger partial charge < -0.3 is 19.9 Å². The molecule has 5 rings (SSSR count). The lowest BCUT2D eigenvalue weighted by molar-refractivity contribution is -0.123. The van der Waals surface area contributed by atoms with Gasteiger partial charge in [0.05, 0.1) is 17.1 Å². The molecule has 7 nitrogen and oxygen atoms in total. The Morgan fingerprint density at radius 3 is 2.28 bits per heavy atom. The monoisotopic (exact) mass is 520 g/mol. The van der Waals surface area contributed by atoms with Gasteiger partial charge in [0, 0.05) is 23.7 Å². The molecule has 2 heterocycles. The number of hydrogen-bond acceptors (Lipinski definition) is 4. The zero-order chi connectivity index (χ0) is 27.4. The second-order valence-corrected chi connectivity index (χ2v) is 10.5. The van der Waals surface area contributed by atoms with E-state index in [2.05, 4.69) is 10.6 Å². The van der Waals surface area contributed by atoms with E-state index in [1.807, 2.05) is 108 Å². The first-order valence-corrected chi connectivity index (χ1v) is 13.0. The molecule has 0 saturated heterocycles. The molecule has 1 aliphatic rings. The number of alkyl carbamates (subject to hydrolysis) is 1. The van der Waals surface area contributed by atoms with Crippen molar-refractivity contribution in [2.45, 2.75) is 45.0 Å². The zero-order valence-corrected chi connectivity index (χ0v) is 22.3. The SMILES string of the molecule is CC(C)(C)OC(=O)N[C@@H](Cc1ccccc1)C(=O)N[C@H]1N=C(c2ccccc2)c2ccccc2-n2cccc21. The Morgan fingerprint density at radius 2 is 1.56 bits per heavy atom. The second-order valence-electron chi connectivity index (χ2n) is 10.5. The molecule has 2 atom stereocenters. The van der Waals surface area contributed by atoms with Crippen LogP contribution in [0.15, 0.2) is 108 Å². The molecule has 0 bridgehead atoms. The molecule has 2 N–H and O–H groups in total. The first-order valence-electron chi connectivity index (χ1n) is 13.0. The maximum atomic E-state index is 13.8. The number of aliphatic imine (C=N–C) groups is 1. The quantitative estimate of drug-likeness (QED) is 0.348. The zero-order valence-electron chi connectivity index (χ0n) is 22.3. The van der Waals surface area contributed by atoms with Crippen LogP contribution in [-0.4, -0.2) is 33.9 Å². The largest absolute Gasteiger partial charge is 0.444 e. The first-order chi connectivity index (χ1) is 18.8. The van der Waals surface area contributed by atoms with Crippen LogP contribution >= 0.6 is 0 Å². The molecule has 1 aliphatic heterocycles. The van der Waals surface area contributed by atoms with Gasteiger partial charge in [-0.3, -0.25) is 9.79 Å². The fraction of sp³-hybridized carbons (Fsp3) is 0.219. The molecule has 0 spiro atoms. The van der Waals surface area contributed by atoms with Crippen molar-refractivity contribution in [2.24, 2.45) is 4.99 Å². The summed E-state index contributed by atoms with van der Waals surface area (Å²) in [5.41, 5.74) is 4.70. The smallest absolute Gasteiger partial charge is 0.408 e. The first kappa shape index (κ1) is 26.0. The van der Waals surface area contributed by atoms with Crippen LogP contribution in [0.25, 0.3) is 5.69 Å². The summed E-state index contributed by atoms with van der Waals surface area (Å²) in [5, 5.41) is 5.88. The highest BCUT2D eigenvalue weighted by molar-refractivity contribution is 6.15. The van der Waals surface area contributed by atoms with E-state index in [1.165, 1.54) is 0 Å². The van der Waals surface area contributed by atoms with Crippen molar-refractivity contribution >= 4 is 17.7 Å². The molecule has 39 heavy (non-hydrogen) atoms. The van der Waals surface area contributed by atoms with Crippen molar-refractivity contribution < 1.29 is 14.3 Å². The number of rotatable bonds is 6. The molecule has 0 saturated carbocycles. The molecule has 1 aromatic heterocycles. The van der Waals surface area contributed by atoms with E-state index in [0.717, 1.165) is 33.8 Å². The Morgan fingerprint density at radius 1 is 0.897 bits per heavy atom. The van der Waals surface area contributed by atoms with Crippen molar-refractivity contribution in [1.82, 2.24) is 15.2 Å². The highest BCUT2D eigenvalue weighted by Gasteiger charge is 2.30. The van der Waals surface area contributed by atoms with Gasteiger partial charge in [-0.1, -0.05) is 78.9 Å². The van der Waals surface area contributed by atoms with Gasteiger partial charge >= 0.3 is 6.09 Å². The van der Waals surface area contributed by atoms with Gasteiger partial charge in [-0.2, -0.15) is 0 Å². The molecule has 0 aliphatic carbocycles. The Labute approximate surface area is 228 Å². The number of carbonyl (C=O) groups is 2. The van der Waals surface area contributed by atoms with Crippen molar-refractivity contribution in [1.29, 1.82) is 0 Å². The fourth-order valence-corrected chi connectivity index (χ4v) is 4.66. The van der Waals surface area contributed by atoms with E-state index >= 15 is 0 Å². The van der Waals surface area contributed by atoms with Gasteiger partial charge in [-0.15, -0.1) is 0 Å². The van der Waals surface area contributed by atoms with Gasteiger partial charge in [-0.25, -0.2) is 4.79 Å². The van der Waals surface area contributed by atoms with Crippen molar-refractivity contribution in [2.75, 3.05) is 0 Å². The highest BCUT2D eigenvalue weighted by atomic mass is 16.6. The van der Waals surface area contributed by atoms with Crippen LogP contribution in [0.2, 0.25) is 0 Å². The minimum Gasteiger partial charge on any atom is -0.444 e. The lowest BCUT2D eigenvalue weighted by Gasteiger charge is -2.25. The summed E-state index contributed by atoms with van der Waals surface area (Å²) in [6, 6.07) is 30.6. The number of aromatic nitrogens is 1. The maximum Gasteiger partial charge on any atom is 0.408 e. The van der Waals surface area contributed by atoms with Crippen LogP contribution in [0.5, 0.6) is 0 Å². The topological polar surface area (TPSA) is 84.7 Å². The molecule has 198 valence electrons. The van der Waals surface area contributed by atoms with Gasteiger partial charge in [0.1, 0.15) is 11.6 Å². The number of para-hydroxylation sites is 1. The maximum absolute atomic E-state index is 13.8. The molecule has 7 heteroatoms. The third-order valence-electron chi connectivity index (χ3n) is 6.35. The van der Waals surface area contributed by atoms with Gasteiger partial charge in [0.15, 0.2) is 6.17 Å². The Kier molecular flexibility index (Phi) is 7.32. The van der Waals surface area contributed by atoms with Crippen molar-refractivity contribution in [3.05, 3.63) is 126 Å². The van der Waals surface area contributed by atoms with E-state index in [9.17, 15) is 9.59 Å². The minimum absolute atomic E-state index is 0.301. The summed E-state index contributed by atoms with van der Waals surface area (Å²) in [4.78, 5) is 31.6.